The van der Waals surface area contributed by atoms with E-state index in [4.69, 9.17) is 5.73 Å². The van der Waals surface area contributed by atoms with Crippen molar-refractivity contribution in [2.24, 2.45) is 5.92 Å². The number of nitrogens with two attached hydrogens (primary N) is 1. The third-order valence-corrected chi connectivity index (χ3v) is 3.82. The summed E-state index contributed by atoms with van der Waals surface area (Å²) >= 11 is 0. The van der Waals surface area contributed by atoms with Crippen molar-refractivity contribution in [3.63, 3.8) is 0 Å². The molecule has 0 saturated carbocycles. The van der Waals surface area contributed by atoms with Gasteiger partial charge in [0, 0.05) is 6.20 Å². The quantitative estimate of drug-likeness (QED) is 0.732. The van der Waals surface area contributed by atoms with Crippen molar-refractivity contribution < 1.29 is 0 Å². The van der Waals surface area contributed by atoms with Crippen LogP contribution >= 0.6 is 0 Å². The summed E-state index contributed by atoms with van der Waals surface area (Å²) in [7, 11) is 0. The first kappa shape index (κ1) is 16.1. The highest BCUT2D eigenvalue weighted by Gasteiger charge is 2.13. The molecule has 0 amide bonds. The second-order valence-corrected chi connectivity index (χ2v) is 6.30. The summed E-state index contributed by atoms with van der Waals surface area (Å²) in [4.78, 5) is 32.1. The second kappa shape index (κ2) is 6.38. The zero-order valence-corrected chi connectivity index (χ0v) is 14.1. The van der Waals surface area contributed by atoms with Gasteiger partial charge in [0.15, 0.2) is 11.5 Å². The van der Waals surface area contributed by atoms with Gasteiger partial charge in [0.05, 0.1) is 24.1 Å². The summed E-state index contributed by atoms with van der Waals surface area (Å²) in [5, 5.41) is 0. The van der Waals surface area contributed by atoms with Gasteiger partial charge in [0.25, 0.3) is 0 Å². The molecule has 0 radical (unpaired) electrons. The van der Waals surface area contributed by atoms with Crippen LogP contribution in [0.25, 0.3) is 11.2 Å². The summed E-state index contributed by atoms with van der Waals surface area (Å²) < 4.78 is 1.50. The van der Waals surface area contributed by atoms with Crippen molar-refractivity contribution in [3.8, 4) is 0 Å². The Morgan fingerprint density at radius 3 is 2.58 bits per heavy atom. The fourth-order valence-electron chi connectivity index (χ4n) is 2.50. The van der Waals surface area contributed by atoms with Crippen molar-refractivity contribution in [1.29, 1.82) is 0 Å². The molecule has 8 nitrogen and oxygen atoms in total. The van der Waals surface area contributed by atoms with Crippen LogP contribution in [0.1, 0.15) is 37.5 Å². The minimum Gasteiger partial charge on any atom is -0.382 e. The van der Waals surface area contributed by atoms with Gasteiger partial charge in [0.2, 0.25) is 0 Å². The molecule has 3 aromatic rings. The van der Waals surface area contributed by atoms with Crippen molar-refractivity contribution in [2.75, 3.05) is 5.73 Å². The highest BCUT2D eigenvalue weighted by Crippen LogP contribution is 2.14. The third-order valence-electron chi connectivity index (χ3n) is 3.82. The van der Waals surface area contributed by atoms with Crippen molar-refractivity contribution in [2.45, 2.75) is 40.2 Å². The molecule has 3 heterocycles. The van der Waals surface area contributed by atoms with E-state index in [9.17, 15) is 4.79 Å². The van der Waals surface area contributed by atoms with E-state index in [1.807, 2.05) is 0 Å². The number of fused-ring (bicyclic) bond motifs is 1. The van der Waals surface area contributed by atoms with Crippen LogP contribution in [0.4, 0.5) is 5.82 Å². The molecule has 0 aliphatic carbocycles. The van der Waals surface area contributed by atoms with Crippen molar-refractivity contribution in [1.82, 2.24) is 29.5 Å². The maximum Gasteiger partial charge on any atom is 0.328 e. The number of aryl methyl sites for hydroxylation is 2. The highest BCUT2D eigenvalue weighted by atomic mass is 16.1. The van der Waals surface area contributed by atoms with Crippen LogP contribution in [-0.2, 0) is 13.0 Å². The van der Waals surface area contributed by atoms with Crippen LogP contribution in [-0.4, -0.2) is 29.5 Å². The minimum atomic E-state index is -0.290. The maximum absolute atomic E-state index is 12.2. The number of nitrogens with zero attached hydrogens (tertiary/aromatic N) is 5. The Hall–Kier alpha value is -2.77. The van der Waals surface area contributed by atoms with E-state index in [1.165, 1.54) is 4.57 Å². The molecule has 0 bridgehead atoms. The molecule has 126 valence electrons. The maximum atomic E-state index is 12.2. The number of hydrogen-bond acceptors (Lipinski definition) is 6. The Bertz CT molecular complexity index is 909. The Balaban J connectivity index is 1.87. The van der Waals surface area contributed by atoms with Crippen LogP contribution < -0.4 is 11.4 Å². The second-order valence-electron chi connectivity index (χ2n) is 6.30. The van der Waals surface area contributed by atoms with Gasteiger partial charge in [-0.1, -0.05) is 13.8 Å². The average molecular weight is 327 g/mol. The van der Waals surface area contributed by atoms with Crippen molar-refractivity contribution >= 4 is 17.0 Å². The monoisotopic (exact) mass is 327 g/mol. The highest BCUT2D eigenvalue weighted by molar-refractivity contribution is 5.81. The molecule has 3 aromatic heterocycles. The fraction of sp³-hybridized carbons (Fsp3) is 0.438. The normalized spacial score (nSPS) is 11.5. The number of imidazole rings is 1. The number of hydrogen-bond donors (Lipinski definition) is 2. The molecule has 24 heavy (non-hydrogen) atoms. The standard InChI is InChI=1S/C16H21N7O/c1-9(2)4-5-11-6-19-12(7-18-11)8-23-15-13(22-16(23)24)14(17)20-10(3)21-15/h6-7,9H,4-5,8H2,1-3H3,(H,22,24)(H2,17,20,21). The van der Waals surface area contributed by atoms with Gasteiger partial charge < -0.3 is 10.7 Å². The molecule has 0 fully saturated rings. The SMILES string of the molecule is Cc1nc(N)c2[nH]c(=O)n(Cc3cnc(CCC(C)C)cn3)c2n1. The first-order valence-electron chi connectivity index (χ1n) is 7.96. The predicted molar refractivity (Wildman–Crippen MR) is 91.6 cm³/mol. The molecule has 0 aliphatic rings. The largest absolute Gasteiger partial charge is 0.382 e. The van der Waals surface area contributed by atoms with E-state index >= 15 is 0 Å². The average Bonchev–Trinajstić information content (AvgIpc) is 2.83. The van der Waals surface area contributed by atoms with Crippen LogP contribution in [0.2, 0.25) is 0 Å². The number of nitrogens with one attached hydrogen (secondary N) is 1. The van der Waals surface area contributed by atoms with E-state index in [0.717, 1.165) is 18.5 Å². The van der Waals surface area contributed by atoms with Crippen molar-refractivity contribution in [3.05, 3.63) is 40.1 Å². The van der Waals surface area contributed by atoms with Crippen LogP contribution in [0.15, 0.2) is 17.2 Å². The number of nitrogen functional groups attached to an aromatic ring is 1. The van der Waals surface area contributed by atoms with Crippen LogP contribution in [0, 0.1) is 12.8 Å². The van der Waals surface area contributed by atoms with E-state index in [2.05, 4.69) is 38.8 Å². The summed E-state index contributed by atoms with van der Waals surface area (Å²) in [6.07, 6.45) is 5.46. The van der Waals surface area contributed by atoms with Gasteiger partial charge in [-0.2, -0.15) is 0 Å². The van der Waals surface area contributed by atoms with Crippen LogP contribution in [0.5, 0.6) is 0 Å². The zero-order valence-electron chi connectivity index (χ0n) is 14.1. The van der Waals surface area contributed by atoms with E-state index in [-0.39, 0.29) is 18.1 Å². The lowest BCUT2D eigenvalue weighted by Crippen LogP contribution is -2.18. The smallest absolute Gasteiger partial charge is 0.328 e. The van der Waals surface area contributed by atoms with E-state index in [0.29, 0.717) is 28.6 Å². The van der Waals surface area contributed by atoms with Gasteiger partial charge in [-0.15, -0.1) is 0 Å². The molecule has 3 N–H and O–H groups in total. The number of anilines is 1. The fourth-order valence-corrected chi connectivity index (χ4v) is 2.50. The predicted octanol–water partition coefficient (Wildman–Crippen LogP) is 1.44. The number of H-pyrrole nitrogens is 1. The number of aromatic nitrogens is 6. The molecule has 0 spiro atoms. The van der Waals surface area contributed by atoms with Gasteiger partial charge in [-0.05, 0) is 25.7 Å². The zero-order chi connectivity index (χ0) is 17.3. The van der Waals surface area contributed by atoms with Gasteiger partial charge >= 0.3 is 5.69 Å². The summed E-state index contributed by atoms with van der Waals surface area (Å²) in [5.41, 5.74) is 8.15. The minimum absolute atomic E-state index is 0.267. The lowest BCUT2D eigenvalue weighted by atomic mass is 10.1. The first-order chi connectivity index (χ1) is 11.4. The molecule has 0 aliphatic heterocycles. The Morgan fingerprint density at radius 2 is 1.92 bits per heavy atom. The van der Waals surface area contributed by atoms with Crippen LogP contribution in [0.3, 0.4) is 0 Å². The molecular weight excluding hydrogens is 306 g/mol. The topological polar surface area (TPSA) is 115 Å². The van der Waals surface area contributed by atoms with E-state index < -0.39 is 0 Å². The lowest BCUT2D eigenvalue weighted by Gasteiger charge is -2.06. The molecule has 0 aromatic carbocycles. The van der Waals surface area contributed by atoms with Gasteiger partial charge in [-0.3, -0.25) is 14.5 Å². The molecule has 0 unspecified atom stereocenters. The molecular formula is C16H21N7O. The summed E-state index contributed by atoms with van der Waals surface area (Å²) in [6, 6.07) is 0. The summed E-state index contributed by atoms with van der Waals surface area (Å²) in [6.45, 7) is 6.38. The Morgan fingerprint density at radius 1 is 1.21 bits per heavy atom. The Labute approximate surface area is 139 Å². The van der Waals surface area contributed by atoms with Gasteiger partial charge in [0.1, 0.15) is 11.3 Å². The first-order valence-corrected chi connectivity index (χ1v) is 7.96. The number of rotatable bonds is 5. The lowest BCUT2D eigenvalue weighted by molar-refractivity contribution is 0.579. The molecule has 0 saturated heterocycles. The Kier molecular flexibility index (Phi) is 4.28. The summed E-state index contributed by atoms with van der Waals surface area (Å²) in [5.74, 6) is 1.41. The number of aromatic amines is 1. The molecule has 3 rings (SSSR count). The van der Waals surface area contributed by atoms with Gasteiger partial charge in [-0.25, -0.2) is 14.8 Å². The van der Waals surface area contributed by atoms with E-state index in [1.54, 1.807) is 19.3 Å². The third kappa shape index (κ3) is 3.27. The molecule has 0 atom stereocenters. The molecule has 8 heteroatoms.